The van der Waals surface area contributed by atoms with Gasteiger partial charge >= 0.3 is 0 Å². The summed E-state index contributed by atoms with van der Waals surface area (Å²) in [5.41, 5.74) is 6.17. The van der Waals surface area contributed by atoms with Crippen LogP contribution in [0.1, 0.15) is 5.56 Å². The molecule has 0 aliphatic rings. The molecule has 0 saturated carbocycles. The van der Waals surface area contributed by atoms with Gasteiger partial charge in [-0.1, -0.05) is 45.0 Å². The molecule has 0 heterocycles. The third kappa shape index (κ3) is 3.27. The van der Waals surface area contributed by atoms with E-state index in [2.05, 4.69) is 21.1 Å². The summed E-state index contributed by atoms with van der Waals surface area (Å²) in [4.78, 5) is 1.18. The van der Waals surface area contributed by atoms with Gasteiger partial charge in [0.15, 0.2) is 5.84 Å². The largest absolute Gasteiger partial charge is 0.409 e. The molecular weight excluding hydrogens is 331 g/mol. The normalized spacial score (nSPS) is 11.6. The maximum atomic E-state index is 13.6. The lowest BCUT2D eigenvalue weighted by Gasteiger charge is -2.09. The molecule has 2 aromatic rings. The smallest absolute Gasteiger partial charge is 0.171 e. The Labute approximate surface area is 122 Å². The highest BCUT2D eigenvalue weighted by Gasteiger charge is 2.11. The van der Waals surface area contributed by atoms with Gasteiger partial charge in [0.2, 0.25) is 0 Å². The summed E-state index contributed by atoms with van der Waals surface area (Å²) in [6.07, 6.45) is 0. The summed E-state index contributed by atoms with van der Waals surface area (Å²) in [5, 5.41) is 11.8. The third-order valence-electron chi connectivity index (χ3n) is 2.38. The molecule has 0 amide bonds. The molecule has 6 heteroatoms. The minimum atomic E-state index is -0.307. The zero-order valence-corrected chi connectivity index (χ0v) is 12.1. The number of benzene rings is 2. The van der Waals surface area contributed by atoms with Crippen molar-refractivity contribution in [1.82, 2.24) is 0 Å². The highest BCUT2D eigenvalue weighted by molar-refractivity contribution is 9.10. The zero-order valence-electron chi connectivity index (χ0n) is 9.68. The van der Waals surface area contributed by atoms with E-state index in [4.69, 9.17) is 10.9 Å². The Hall–Kier alpha value is -1.53. The van der Waals surface area contributed by atoms with Crippen LogP contribution in [0.2, 0.25) is 0 Å². The molecule has 0 aliphatic heterocycles. The van der Waals surface area contributed by atoms with Crippen molar-refractivity contribution < 1.29 is 9.60 Å². The van der Waals surface area contributed by atoms with Crippen molar-refractivity contribution >= 4 is 33.5 Å². The average Bonchev–Trinajstić information content (AvgIpc) is 2.41. The van der Waals surface area contributed by atoms with Gasteiger partial charge < -0.3 is 10.9 Å². The molecule has 2 aromatic carbocycles. The molecule has 0 saturated heterocycles. The minimum Gasteiger partial charge on any atom is -0.409 e. The fraction of sp³-hybridized carbons (Fsp3) is 0. The van der Waals surface area contributed by atoms with Gasteiger partial charge in [-0.05, 0) is 30.3 Å². The Morgan fingerprint density at radius 2 is 1.95 bits per heavy atom. The van der Waals surface area contributed by atoms with Gasteiger partial charge in [0, 0.05) is 19.8 Å². The van der Waals surface area contributed by atoms with E-state index in [0.29, 0.717) is 15.4 Å². The summed E-state index contributed by atoms with van der Waals surface area (Å²) < 4.78 is 14.5. The topological polar surface area (TPSA) is 58.6 Å². The fourth-order valence-electron chi connectivity index (χ4n) is 1.49. The number of oxime groups is 1. The van der Waals surface area contributed by atoms with E-state index in [9.17, 15) is 4.39 Å². The molecule has 0 atom stereocenters. The second kappa shape index (κ2) is 6.08. The monoisotopic (exact) mass is 340 g/mol. The first-order valence-corrected chi connectivity index (χ1v) is 6.92. The van der Waals surface area contributed by atoms with Crippen LogP contribution in [0.25, 0.3) is 0 Å². The van der Waals surface area contributed by atoms with E-state index in [-0.39, 0.29) is 11.7 Å². The predicted molar refractivity (Wildman–Crippen MR) is 77.2 cm³/mol. The Balaban J connectivity index is 2.44. The highest BCUT2D eigenvalue weighted by Crippen LogP contribution is 2.33. The average molecular weight is 341 g/mol. The van der Waals surface area contributed by atoms with Crippen molar-refractivity contribution in [2.24, 2.45) is 10.9 Å². The van der Waals surface area contributed by atoms with Crippen molar-refractivity contribution in [1.29, 1.82) is 0 Å². The quantitative estimate of drug-likeness (QED) is 0.386. The first-order chi connectivity index (χ1) is 9.11. The van der Waals surface area contributed by atoms with Crippen LogP contribution in [0.5, 0.6) is 0 Å². The van der Waals surface area contributed by atoms with Crippen LogP contribution in [0.4, 0.5) is 4.39 Å². The Kier molecular flexibility index (Phi) is 4.44. The molecule has 2 rings (SSSR count). The van der Waals surface area contributed by atoms with Crippen LogP contribution in [0.15, 0.2) is 61.9 Å². The van der Waals surface area contributed by atoms with Crippen LogP contribution in [-0.2, 0) is 0 Å². The molecular formula is C13H10BrFN2OS. The molecule has 98 valence electrons. The van der Waals surface area contributed by atoms with Crippen molar-refractivity contribution in [3.05, 3.63) is 58.3 Å². The standard InChI is InChI=1S/C13H10BrFN2OS/c14-8-5-6-9(13(16)17-18)12(7-8)19-11-4-2-1-3-10(11)15/h1-7,18H,(H2,16,17). The lowest BCUT2D eigenvalue weighted by Crippen LogP contribution is -2.14. The second-order valence-electron chi connectivity index (χ2n) is 3.66. The van der Waals surface area contributed by atoms with E-state index in [1.807, 2.05) is 0 Å². The number of halogens is 2. The lowest BCUT2D eigenvalue weighted by atomic mass is 10.2. The van der Waals surface area contributed by atoms with Crippen LogP contribution in [0, 0.1) is 5.82 Å². The number of amidine groups is 1. The molecule has 0 unspecified atom stereocenters. The van der Waals surface area contributed by atoms with Crippen molar-refractivity contribution in [3.63, 3.8) is 0 Å². The van der Waals surface area contributed by atoms with Crippen LogP contribution < -0.4 is 5.73 Å². The summed E-state index contributed by atoms with van der Waals surface area (Å²) >= 11 is 4.57. The molecule has 0 bridgehead atoms. The van der Waals surface area contributed by atoms with Crippen molar-refractivity contribution in [2.45, 2.75) is 9.79 Å². The number of rotatable bonds is 3. The maximum Gasteiger partial charge on any atom is 0.171 e. The molecule has 3 N–H and O–H groups in total. The van der Waals surface area contributed by atoms with Gasteiger partial charge in [-0.2, -0.15) is 0 Å². The van der Waals surface area contributed by atoms with Gasteiger partial charge in [-0.3, -0.25) is 0 Å². The Morgan fingerprint density at radius 1 is 1.21 bits per heavy atom. The summed E-state index contributed by atoms with van der Waals surface area (Å²) in [6, 6.07) is 11.7. The van der Waals surface area contributed by atoms with E-state index in [1.54, 1.807) is 36.4 Å². The van der Waals surface area contributed by atoms with Crippen molar-refractivity contribution in [3.8, 4) is 0 Å². The van der Waals surface area contributed by atoms with Gasteiger partial charge in [0.25, 0.3) is 0 Å². The third-order valence-corrected chi connectivity index (χ3v) is 3.99. The SMILES string of the molecule is N/C(=N/O)c1ccc(Br)cc1Sc1ccccc1F. The fourth-order valence-corrected chi connectivity index (χ4v) is 3.02. The van der Waals surface area contributed by atoms with E-state index in [1.165, 1.54) is 17.8 Å². The maximum absolute atomic E-state index is 13.6. The number of nitrogens with zero attached hydrogens (tertiary/aromatic N) is 1. The van der Waals surface area contributed by atoms with Crippen LogP contribution in [0.3, 0.4) is 0 Å². The molecule has 0 radical (unpaired) electrons. The second-order valence-corrected chi connectivity index (χ2v) is 5.66. The van der Waals surface area contributed by atoms with Gasteiger partial charge in [0.05, 0.1) is 0 Å². The summed E-state index contributed by atoms with van der Waals surface area (Å²) in [5.74, 6) is -0.315. The van der Waals surface area contributed by atoms with Gasteiger partial charge in [0.1, 0.15) is 5.82 Å². The number of hydrogen-bond donors (Lipinski definition) is 2. The van der Waals surface area contributed by atoms with Gasteiger partial charge in [-0.15, -0.1) is 0 Å². The Bertz CT molecular complexity index is 634. The molecule has 0 spiro atoms. The lowest BCUT2D eigenvalue weighted by molar-refractivity contribution is 0.318. The first-order valence-electron chi connectivity index (χ1n) is 5.31. The van der Waals surface area contributed by atoms with E-state index >= 15 is 0 Å². The molecule has 19 heavy (non-hydrogen) atoms. The highest BCUT2D eigenvalue weighted by atomic mass is 79.9. The van der Waals surface area contributed by atoms with Crippen molar-refractivity contribution in [2.75, 3.05) is 0 Å². The summed E-state index contributed by atoms with van der Waals surface area (Å²) in [6.45, 7) is 0. The molecule has 0 fully saturated rings. The predicted octanol–water partition coefficient (Wildman–Crippen LogP) is 3.83. The van der Waals surface area contributed by atoms with E-state index in [0.717, 1.165) is 4.47 Å². The number of nitrogens with two attached hydrogens (primary N) is 1. The van der Waals surface area contributed by atoms with Gasteiger partial charge in [-0.25, -0.2) is 4.39 Å². The minimum absolute atomic E-state index is 0.00802. The van der Waals surface area contributed by atoms with E-state index < -0.39 is 0 Å². The Morgan fingerprint density at radius 3 is 2.63 bits per heavy atom. The first kappa shape index (κ1) is 13.9. The van der Waals surface area contributed by atoms with Crippen LogP contribution in [-0.4, -0.2) is 11.0 Å². The van der Waals surface area contributed by atoms with Crippen LogP contribution >= 0.6 is 27.7 Å². The summed E-state index contributed by atoms with van der Waals surface area (Å²) in [7, 11) is 0. The molecule has 0 aliphatic carbocycles. The molecule has 0 aromatic heterocycles. The zero-order chi connectivity index (χ0) is 13.8. The molecule has 3 nitrogen and oxygen atoms in total. The number of hydrogen-bond acceptors (Lipinski definition) is 3.